The van der Waals surface area contributed by atoms with Crippen LogP contribution in [0.1, 0.15) is 26.5 Å². The highest BCUT2D eigenvalue weighted by Crippen LogP contribution is 2.11. The van der Waals surface area contributed by atoms with Crippen LogP contribution < -0.4 is 4.90 Å². The molecular weight excluding hydrogens is 192 g/mol. The molecule has 0 amide bonds. The maximum atomic E-state index is 5.46. The molecule has 1 rings (SSSR count). The fourth-order valence-electron chi connectivity index (χ4n) is 1.15. The summed E-state index contributed by atoms with van der Waals surface area (Å²) in [5.41, 5.74) is 0.988. The van der Waals surface area contributed by atoms with Crippen LogP contribution in [0, 0.1) is 0 Å². The van der Waals surface area contributed by atoms with E-state index in [-0.39, 0.29) is 6.10 Å². The van der Waals surface area contributed by atoms with Gasteiger partial charge in [-0.2, -0.15) is 4.98 Å². The number of nitrogens with zero attached hydrogens (tertiary/aromatic N) is 2. The summed E-state index contributed by atoms with van der Waals surface area (Å²) in [5, 5.41) is 0. The van der Waals surface area contributed by atoms with E-state index < -0.39 is 0 Å². The van der Waals surface area contributed by atoms with Crippen LogP contribution in [0.5, 0.6) is 0 Å². The first-order valence-corrected chi connectivity index (χ1v) is 5.40. The molecule has 0 atom stereocenters. The maximum Gasteiger partial charge on any atom is 0.297 e. The largest absolute Gasteiger partial charge is 0.432 e. The van der Waals surface area contributed by atoms with Gasteiger partial charge in [-0.25, -0.2) is 0 Å². The molecule has 0 aliphatic heterocycles. The van der Waals surface area contributed by atoms with Crippen LogP contribution in [0.2, 0.25) is 0 Å². The first-order valence-electron chi connectivity index (χ1n) is 5.40. The van der Waals surface area contributed by atoms with Crippen molar-refractivity contribution in [2.24, 2.45) is 0 Å². The Balaban J connectivity index is 2.36. The van der Waals surface area contributed by atoms with Crippen LogP contribution in [0.15, 0.2) is 10.7 Å². The molecule has 0 saturated carbocycles. The molecule has 0 aromatic carbocycles. The summed E-state index contributed by atoms with van der Waals surface area (Å²) < 4.78 is 10.8. The molecule has 0 bridgehead atoms. The molecular formula is C11H20N2O2. The second-order valence-electron chi connectivity index (χ2n) is 3.82. The number of ether oxygens (including phenoxy) is 1. The van der Waals surface area contributed by atoms with Crippen molar-refractivity contribution in [3.63, 3.8) is 0 Å². The number of rotatable bonds is 6. The molecule has 0 aliphatic carbocycles. The minimum Gasteiger partial charge on any atom is -0.432 e. The standard InChI is InChI=1S/C11H20N2O2/c1-5-10-8-15-11(12-10)13(4)6-7-14-9(2)3/h8-9H,5-7H2,1-4H3. The Morgan fingerprint density at radius 2 is 2.27 bits per heavy atom. The molecule has 4 nitrogen and oxygen atoms in total. The van der Waals surface area contributed by atoms with E-state index in [9.17, 15) is 0 Å². The maximum absolute atomic E-state index is 5.46. The first-order chi connectivity index (χ1) is 7.13. The molecule has 0 unspecified atom stereocenters. The molecule has 0 N–H and O–H groups in total. The van der Waals surface area contributed by atoms with E-state index in [2.05, 4.69) is 11.9 Å². The Labute approximate surface area is 91.2 Å². The predicted octanol–water partition coefficient (Wildman–Crippen LogP) is 2.10. The van der Waals surface area contributed by atoms with Crippen molar-refractivity contribution >= 4 is 6.01 Å². The Kier molecular flexibility index (Phi) is 4.62. The van der Waals surface area contributed by atoms with Crippen molar-refractivity contribution in [1.82, 2.24) is 4.98 Å². The lowest BCUT2D eigenvalue weighted by atomic mass is 10.4. The molecule has 4 heteroatoms. The van der Waals surface area contributed by atoms with E-state index in [0.717, 1.165) is 18.7 Å². The minimum absolute atomic E-state index is 0.272. The summed E-state index contributed by atoms with van der Waals surface area (Å²) >= 11 is 0. The van der Waals surface area contributed by atoms with E-state index in [1.807, 2.05) is 25.8 Å². The number of likely N-dealkylation sites (N-methyl/N-ethyl adjacent to an activating group) is 1. The Morgan fingerprint density at radius 1 is 1.53 bits per heavy atom. The SMILES string of the molecule is CCc1coc(N(C)CCOC(C)C)n1. The summed E-state index contributed by atoms with van der Waals surface area (Å²) in [4.78, 5) is 6.29. The van der Waals surface area contributed by atoms with Gasteiger partial charge in [0, 0.05) is 13.6 Å². The van der Waals surface area contributed by atoms with E-state index in [0.29, 0.717) is 12.6 Å². The Bertz CT molecular complexity index is 284. The zero-order valence-electron chi connectivity index (χ0n) is 9.99. The molecule has 1 aromatic heterocycles. The summed E-state index contributed by atoms with van der Waals surface area (Å²) in [6.07, 6.45) is 2.88. The second kappa shape index (κ2) is 5.75. The molecule has 1 aromatic rings. The monoisotopic (exact) mass is 212 g/mol. The van der Waals surface area contributed by atoms with E-state index >= 15 is 0 Å². The lowest BCUT2D eigenvalue weighted by Gasteiger charge is -2.15. The van der Waals surface area contributed by atoms with Gasteiger partial charge in [-0.3, -0.25) is 0 Å². The van der Waals surface area contributed by atoms with Gasteiger partial charge in [-0.15, -0.1) is 0 Å². The summed E-state index contributed by atoms with van der Waals surface area (Å²) in [5.74, 6) is 0. The third-order valence-corrected chi connectivity index (χ3v) is 2.11. The van der Waals surface area contributed by atoms with Gasteiger partial charge in [-0.05, 0) is 20.3 Å². The van der Waals surface area contributed by atoms with Crippen LogP contribution in [-0.4, -0.2) is 31.3 Å². The highest BCUT2D eigenvalue weighted by atomic mass is 16.5. The Morgan fingerprint density at radius 3 is 2.80 bits per heavy atom. The fraction of sp³-hybridized carbons (Fsp3) is 0.727. The molecule has 1 heterocycles. The lowest BCUT2D eigenvalue weighted by molar-refractivity contribution is 0.0841. The molecule has 0 saturated heterocycles. The fourth-order valence-corrected chi connectivity index (χ4v) is 1.15. The molecule has 15 heavy (non-hydrogen) atoms. The number of oxazole rings is 1. The van der Waals surface area contributed by atoms with Crippen LogP contribution in [0.25, 0.3) is 0 Å². The van der Waals surface area contributed by atoms with E-state index in [1.54, 1.807) is 6.26 Å². The van der Waals surface area contributed by atoms with Crippen molar-refractivity contribution in [2.75, 3.05) is 25.1 Å². The average molecular weight is 212 g/mol. The zero-order chi connectivity index (χ0) is 11.3. The number of anilines is 1. The van der Waals surface area contributed by atoms with Gasteiger partial charge in [-0.1, -0.05) is 6.92 Å². The first kappa shape index (κ1) is 12.0. The third kappa shape index (κ3) is 3.91. The van der Waals surface area contributed by atoms with Gasteiger partial charge in [0.05, 0.1) is 18.4 Å². The summed E-state index contributed by atoms with van der Waals surface area (Å²) in [6.45, 7) is 7.60. The Hall–Kier alpha value is -1.03. The van der Waals surface area contributed by atoms with Crippen LogP contribution in [0.3, 0.4) is 0 Å². The quantitative estimate of drug-likeness (QED) is 0.723. The molecule has 0 fully saturated rings. The molecule has 0 radical (unpaired) electrons. The lowest BCUT2D eigenvalue weighted by Crippen LogP contribution is -2.24. The second-order valence-corrected chi connectivity index (χ2v) is 3.82. The van der Waals surface area contributed by atoms with E-state index in [1.165, 1.54) is 0 Å². The van der Waals surface area contributed by atoms with Gasteiger partial charge >= 0.3 is 0 Å². The smallest absolute Gasteiger partial charge is 0.297 e. The number of hydrogen-bond acceptors (Lipinski definition) is 4. The molecule has 0 aliphatic rings. The van der Waals surface area contributed by atoms with Gasteiger partial charge in [0.15, 0.2) is 0 Å². The summed E-state index contributed by atoms with van der Waals surface area (Å²) in [6, 6.07) is 0.666. The third-order valence-electron chi connectivity index (χ3n) is 2.11. The van der Waals surface area contributed by atoms with Crippen molar-refractivity contribution in [3.05, 3.63) is 12.0 Å². The van der Waals surface area contributed by atoms with Gasteiger partial charge in [0.1, 0.15) is 6.26 Å². The minimum atomic E-state index is 0.272. The summed E-state index contributed by atoms with van der Waals surface area (Å²) in [7, 11) is 1.95. The number of aryl methyl sites for hydroxylation is 1. The van der Waals surface area contributed by atoms with Gasteiger partial charge in [0.25, 0.3) is 6.01 Å². The number of hydrogen-bond donors (Lipinski definition) is 0. The van der Waals surface area contributed by atoms with Crippen molar-refractivity contribution < 1.29 is 9.15 Å². The van der Waals surface area contributed by atoms with Gasteiger partial charge < -0.3 is 14.1 Å². The van der Waals surface area contributed by atoms with Crippen molar-refractivity contribution in [3.8, 4) is 0 Å². The number of aromatic nitrogens is 1. The highest BCUT2D eigenvalue weighted by molar-refractivity contribution is 5.24. The zero-order valence-corrected chi connectivity index (χ0v) is 9.99. The normalized spacial score (nSPS) is 11.0. The molecule has 86 valence electrons. The van der Waals surface area contributed by atoms with Gasteiger partial charge in [0.2, 0.25) is 0 Å². The predicted molar refractivity (Wildman–Crippen MR) is 60.2 cm³/mol. The molecule has 0 spiro atoms. The van der Waals surface area contributed by atoms with Crippen LogP contribution >= 0.6 is 0 Å². The highest BCUT2D eigenvalue weighted by Gasteiger charge is 2.07. The topological polar surface area (TPSA) is 38.5 Å². The van der Waals surface area contributed by atoms with Crippen molar-refractivity contribution in [1.29, 1.82) is 0 Å². The van der Waals surface area contributed by atoms with Crippen molar-refractivity contribution in [2.45, 2.75) is 33.3 Å². The average Bonchev–Trinajstić information content (AvgIpc) is 2.65. The van der Waals surface area contributed by atoms with E-state index in [4.69, 9.17) is 9.15 Å². The van der Waals surface area contributed by atoms with Crippen LogP contribution in [-0.2, 0) is 11.2 Å². The van der Waals surface area contributed by atoms with Crippen LogP contribution in [0.4, 0.5) is 6.01 Å².